The highest BCUT2D eigenvalue weighted by atomic mass is 32.2. The molecule has 0 heterocycles. The van der Waals surface area contributed by atoms with E-state index in [-0.39, 0.29) is 6.04 Å². The van der Waals surface area contributed by atoms with Crippen molar-refractivity contribution in [2.24, 2.45) is 5.92 Å². The largest absolute Gasteiger partial charge is 0.317 e. The molecule has 0 aromatic heterocycles. The molecule has 6 heteroatoms. The van der Waals surface area contributed by atoms with Gasteiger partial charge in [-0.25, -0.2) is 0 Å². The third-order valence-electron chi connectivity index (χ3n) is 3.27. The molecule has 0 radical (unpaired) electrons. The Labute approximate surface area is 119 Å². The van der Waals surface area contributed by atoms with E-state index in [1.807, 2.05) is 13.8 Å². The van der Waals surface area contributed by atoms with Gasteiger partial charge in [-0.2, -0.15) is 17.0 Å². The Hall–Kier alpha value is -0.170. The van der Waals surface area contributed by atoms with Crippen molar-refractivity contribution in [3.05, 3.63) is 0 Å². The normalized spacial score (nSPS) is 14.6. The number of hydrogen-bond donors (Lipinski definition) is 1. The van der Waals surface area contributed by atoms with Crippen molar-refractivity contribution < 1.29 is 8.42 Å². The summed E-state index contributed by atoms with van der Waals surface area (Å²) < 4.78 is 27.6. The van der Waals surface area contributed by atoms with Gasteiger partial charge >= 0.3 is 0 Å². The van der Waals surface area contributed by atoms with Gasteiger partial charge in [-0.1, -0.05) is 20.8 Å². The number of nitrogens with zero attached hydrogens (tertiary/aromatic N) is 2. The first-order valence-electron chi connectivity index (χ1n) is 7.13. The van der Waals surface area contributed by atoms with Crippen LogP contribution < -0.4 is 5.32 Å². The van der Waals surface area contributed by atoms with Crippen molar-refractivity contribution in [2.45, 2.75) is 46.6 Å². The average molecular weight is 293 g/mol. The summed E-state index contributed by atoms with van der Waals surface area (Å²) in [6, 6.07) is 0.0289. The topological polar surface area (TPSA) is 52.7 Å². The van der Waals surface area contributed by atoms with Crippen LogP contribution in [0.5, 0.6) is 0 Å². The van der Waals surface area contributed by atoms with Gasteiger partial charge in [0, 0.05) is 26.7 Å². The average Bonchev–Trinajstić information content (AvgIpc) is 2.32. The summed E-state index contributed by atoms with van der Waals surface area (Å²) in [5.41, 5.74) is 0. The molecule has 0 bridgehead atoms. The lowest BCUT2D eigenvalue weighted by Crippen LogP contribution is -2.45. The molecule has 0 aliphatic rings. The van der Waals surface area contributed by atoms with Crippen molar-refractivity contribution in [1.29, 1.82) is 0 Å². The molecule has 5 nitrogen and oxygen atoms in total. The molecule has 0 aromatic rings. The van der Waals surface area contributed by atoms with E-state index in [0.29, 0.717) is 12.5 Å². The van der Waals surface area contributed by atoms with Crippen LogP contribution in [0.1, 0.15) is 40.5 Å². The minimum Gasteiger partial charge on any atom is -0.317 e. The zero-order chi connectivity index (χ0) is 15.1. The first-order chi connectivity index (χ1) is 8.73. The van der Waals surface area contributed by atoms with Gasteiger partial charge in [0.15, 0.2) is 0 Å². The first kappa shape index (κ1) is 18.8. The lowest BCUT2D eigenvalue weighted by atomic mass is 10.1. The summed E-state index contributed by atoms with van der Waals surface area (Å²) in [7, 11) is -0.00968. The maximum absolute atomic E-state index is 12.3. The molecule has 0 spiro atoms. The Morgan fingerprint density at radius 3 is 2.21 bits per heavy atom. The summed E-state index contributed by atoms with van der Waals surface area (Å²) in [5, 5.41) is 3.20. The molecule has 116 valence electrons. The number of rotatable bonds is 10. The predicted octanol–water partition coefficient (Wildman–Crippen LogP) is 1.53. The van der Waals surface area contributed by atoms with Crippen LogP contribution >= 0.6 is 0 Å². The second-order valence-corrected chi connectivity index (χ2v) is 7.63. The Bertz CT molecular complexity index is 331. The first-order valence-corrected chi connectivity index (χ1v) is 8.53. The van der Waals surface area contributed by atoms with Crippen LogP contribution in [0.2, 0.25) is 0 Å². The van der Waals surface area contributed by atoms with E-state index in [4.69, 9.17) is 0 Å². The van der Waals surface area contributed by atoms with Crippen molar-refractivity contribution in [3.8, 4) is 0 Å². The summed E-state index contributed by atoms with van der Waals surface area (Å²) in [6.45, 7) is 10.5. The maximum atomic E-state index is 12.3. The highest BCUT2D eigenvalue weighted by molar-refractivity contribution is 7.86. The maximum Gasteiger partial charge on any atom is 0.281 e. The summed E-state index contributed by atoms with van der Waals surface area (Å²) in [5.74, 6) is 0.492. The molecular formula is C13H31N3O2S. The van der Waals surface area contributed by atoms with E-state index < -0.39 is 10.2 Å². The van der Waals surface area contributed by atoms with E-state index in [2.05, 4.69) is 19.2 Å². The number of nitrogens with one attached hydrogen (secondary N) is 1. The van der Waals surface area contributed by atoms with E-state index in [1.54, 1.807) is 14.1 Å². The molecule has 0 amide bonds. The molecular weight excluding hydrogens is 262 g/mol. The van der Waals surface area contributed by atoms with Crippen LogP contribution in [0.25, 0.3) is 0 Å². The van der Waals surface area contributed by atoms with Crippen LogP contribution in [0.4, 0.5) is 0 Å². The van der Waals surface area contributed by atoms with Gasteiger partial charge in [0.2, 0.25) is 0 Å². The van der Waals surface area contributed by atoms with Gasteiger partial charge in [0.05, 0.1) is 0 Å². The second kappa shape index (κ2) is 8.89. The zero-order valence-corrected chi connectivity index (χ0v) is 14.1. The summed E-state index contributed by atoms with van der Waals surface area (Å²) in [4.78, 5) is 0. The molecule has 19 heavy (non-hydrogen) atoms. The molecule has 0 aliphatic carbocycles. The van der Waals surface area contributed by atoms with Crippen molar-refractivity contribution in [3.63, 3.8) is 0 Å². The molecule has 1 N–H and O–H groups in total. The predicted molar refractivity (Wildman–Crippen MR) is 81.4 cm³/mol. The van der Waals surface area contributed by atoms with Gasteiger partial charge in [-0.05, 0) is 38.8 Å². The SMILES string of the molecule is CCNCCCN(C)S(=O)(=O)N(C)C(C)CC(C)C. The van der Waals surface area contributed by atoms with Gasteiger partial charge in [0.25, 0.3) is 10.2 Å². The van der Waals surface area contributed by atoms with E-state index >= 15 is 0 Å². The van der Waals surface area contributed by atoms with Crippen LogP contribution in [0.15, 0.2) is 0 Å². The van der Waals surface area contributed by atoms with E-state index in [0.717, 1.165) is 25.9 Å². The highest BCUT2D eigenvalue weighted by Crippen LogP contribution is 2.15. The third-order valence-corrected chi connectivity index (χ3v) is 5.33. The van der Waals surface area contributed by atoms with Crippen LogP contribution in [-0.2, 0) is 10.2 Å². The molecule has 0 fully saturated rings. The lowest BCUT2D eigenvalue weighted by Gasteiger charge is -2.29. The Balaban J connectivity index is 4.41. The summed E-state index contributed by atoms with van der Waals surface area (Å²) in [6.07, 6.45) is 1.71. The van der Waals surface area contributed by atoms with Crippen molar-refractivity contribution in [2.75, 3.05) is 33.7 Å². The smallest absolute Gasteiger partial charge is 0.281 e. The van der Waals surface area contributed by atoms with Gasteiger partial charge in [0.1, 0.15) is 0 Å². The zero-order valence-electron chi connectivity index (χ0n) is 13.3. The van der Waals surface area contributed by atoms with E-state index in [9.17, 15) is 8.42 Å². The molecule has 0 aromatic carbocycles. The fraction of sp³-hybridized carbons (Fsp3) is 1.00. The van der Waals surface area contributed by atoms with Crippen molar-refractivity contribution in [1.82, 2.24) is 13.9 Å². The minimum absolute atomic E-state index is 0.0289. The second-order valence-electron chi connectivity index (χ2n) is 5.53. The van der Waals surface area contributed by atoms with Gasteiger partial charge < -0.3 is 5.32 Å². The Kier molecular flexibility index (Phi) is 8.81. The Morgan fingerprint density at radius 1 is 1.16 bits per heavy atom. The molecule has 0 saturated heterocycles. The van der Waals surface area contributed by atoms with Gasteiger partial charge in [-0.15, -0.1) is 0 Å². The van der Waals surface area contributed by atoms with Crippen molar-refractivity contribution >= 4 is 10.2 Å². The highest BCUT2D eigenvalue weighted by Gasteiger charge is 2.27. The van der Waals surface area contributed by atoms with Crippen LogP contribution in [0, 0.1) is 5.92 Å². The van der Waals surface area contributed by atoms with Gasteiger partial charge in [-0.3, -0.25) is 0 Å². The third kappa shape index (κ3) is 6.70. The van der Waals surface area contributed by atoms with E-state index in [1.165, 1.54) is 8.61 Å². The fourth-order valence-corrected chi connectivity index (χ4v) is 3.34. The number of hydrogen-bond acceptors (Lipinski definition) is 3. The quantitative estimate of drug-likeness (QED) is 0.622. The molecule has 0 aliphatic heterocycles. The minimum atomic E-state index is -3.33. The van der Waals surface area contributed by atoms with Crippen LogP contribution in [-0.4, -0.2) is 56.8 Å². The molecule has 1 unspecified atom stereocenters. The molecule has 0 saturated carbocycles. The molecule has 0 rings (SSSR count). The standard InChI is InChI=1S/C13H31N3O2S/c1-7-14-9-8-10-15(5)19(17,18)16(6)13(4)11-12(2)3/h12-14H,7-11H2,1-6H3. The van der Waals surface area contributed by atoms with Crippen LogP contribution in [0.3, 0.4) is 0 Å². The molecule has 1 atom stereocenters. The Morgan fingerprint density at radius 2 is 1.74 bits per heavy atom. The summed E-state index contributed by atoms with van der Waals surface area (Å²) >= 11 is 0. The fourth-order valence-electron chi connectivity index (χ4n) is 2.00. The lowest BCUT2D eigenvalue weighted by molar-refractivity contribution is 0.310. The monoisotopic (exact) mass is 293 g/mol.